The van der Waals surface area contributed by atoms with Crippen LogP contribution in [-0.2, 0) is 25.5 Å². The van der Waals surface area contributed by atoms with E-state index in [1.54, 1.807) is 19.3 Å². The van der Waals surface area contributed by atoms with Gasteiger partial charge in [0.15, 0.2) is 11.3 Å². The molecule has 12 heteroatoms. The summed E-state index contributed by atoms with van der Waals surface area (Å²) in [5.41, 5.74) is 1.70. The summed E-state index contributed by atoms with van der Waals surface area (Å²) in [5, 5.41) is 44.5. The quantitative estimate of drug-likeness (QED) is 0.172. The number of hydrogen-bond acceptors (Lipinski definition) is 11. The van der Waals surface area contributed by atoms with Crippen LogP contribution in [0.3, 0.4) is 0 Å². The number of benzene rings is 1. The van der Waals surface area contributed by atoms with Crippen molar-refractivity contribution < 1.29 is 53.4 Å². The minimum atomic E-state index is -1.65. The van der Waals surface area contributed by atoms with E-state index in [1.165, 1.54) is 0 Å². The van der Waals surface area contributed by atoms with E-state index in [0.717, 1.165) is 18.4 Å². The lowest BCUT2D eigenvalue weighted by Crippen LogP contribution is -2.60. The number of aliphatic hydroxyl groups excluding tert-OH is 4. The van der Waals surface area contributed by atoms with Crippen LogP contribution in [0, 0.1) is 5.92 Å². The topological polar surface area (TPSA) is 177 Å². The normalized spacial score (nSPS) is 26.4. The highest BCUT2D eigenvalue weighted by atomic mass is 16.7. The smallest absolute Gasteiger partial charge is 0.306 e. The Labute approximate surface area is 238 Å². The monoisotopic (exact) mass is 579 g/mol. The Bertz CT molecular complexity index is 1190. The van der Waals surface area contributed by atoms with Gasteiger partial charge in [-0.1, -0.05) is 13.8 Å². The lowest BCUT2D eigenvalue weighted by atomic mass is 9.95. The first-order valence-corrected chi connectivity index (χ1v) is 14.2. The van der Waals surface area contributed by atoms with Gasteiger partial charge in [-0.15, -0.1) is 0 Å². The standard InChI is InChI=1S/C29H41NO11/c1-4-37-22(33)8-7-16-10-18-19(17-11-21(32)30-12-17)14-39-27(18)28(38-9-5-6-15(2)3)26(16)41-29-25(36)24(35)23(34)20(13-31)40-29/h10,14-15,17,20,23-25,29,31,34-36H,4-9,11-13H2,1-3H3,(H,30,32)/t17-,20+,23+,24-,25+,29-/m0/s1. The zero-order valence-corrected chi connectivity index (χ0v) is 23.7. The van der Waals surface area contributed by atoms with E-state index < -0.39 is 43.3 Å². The van der Waals surface area contributed by atoms with Crippen LogP contribution in [0.25, 0.3) is 11.0 Å². The summed E-state index contributed by atoms with van der Waals surface area (Å²) < 4.78 is 29.1. The molecule has 41 heavy (non-hydrogen) atoms. The molecule has 0 saturated carbocycles. The van der Waals surface area contributed by atoms with Crippen LogP contribution >= 0.6 is 0 Å². The molecule has 0 radical (unpaired) electrons. The third kappa shape index (κ3) is 7.12. The Morgan fingerprint density at radius 2 is 1.95 bits per heavy atom. The predicted molar refractivity (Wildman–Crippen MR) is 145 cm³/mol. The second-order valence-corrected chi connectivity index (χ2v) is 11.0. The molecule has 1 aromatic heterocycles. The molecule has 0 spiro atoms. The number of amides is 1. The molecule has 4 rings (SSSR count). The van der Waals surface area contributed by atoms with Crippen molar-refractivity contribution in [2.45, 2.75) is 89.5 Å². The fourth-order valence-electron chi connectivity index (χ4n) is 5.20. The van der Waals surface area contributed by atoms with Crippen LogP contribution in [0.15, 0.2) is 16.7 Å². The summed E-state index contributed by atoms with van der Waals surface area (Å²) in [6.07, 6.45) is -3.77. The molecule has 0 unspecified atom stereocenters. The van der Waals surface area contributed by atoms with Crippen molar-refractivity contribution in [2.24, 2.45) is 5.92 Å². The second kappa shape index (κ2) is 13.8. The van der Waals surface area contributed by atoms with E-state index in [0.29, 0.717) is 42.0 Å². The Morgan fingerprint density at radius 3 is 2.61 bits per heavy atom. The van der Waals surface area contributed by atoms with Crippen molar-refractivity contribution in [3.05, 3.63) is 23.5 Å². The number of esters is 1. The number of carbonyl (C=O) groups is 2. The molecular formula is C29H41NO11. The largest absolute Gasteiger partial charge is 0.486 e. The van der Waals surface area contributed by atoms with Crippen LogP contribution in [0.1, 0.15) is 63.5 Å². The number of hydrogen-bond donors (Lipinski definition) is 5. The lowest BCUT2D eigenvalue weighted by Gasteiger charge is -2.39. The van der Waals surface area contributed by atoms with Crippen molar-refractivity contribution >= 4 is 22.8 Å². The Balaban J connectivity index is 1.78. The maximum atomic E-state index is 12.3. The van der Waals surface area contributed by atoms with Crippen molar-refractivity contribution in [3.8, 4) is 11.5 Å². The molecule has 2 saturated heterocycles. The number of fused-ring (bicyclic) bond motifs is 1. The number of carbonyl (C=O) groups excluding carboxylic acids is 2. The molecule has 228 valence electrons. The number of aliphatic hydroxyl groups is 4. The highest BCUT2D eigenvalue weighted by Gasteiger charge is 2.45. The SMILES string of the molecule is CCOC(=O)CCc1cc2c([C@@H]3CNC(=O)C3)coc2c(OCCCC(C)C)c1O[C@@H]1O[C@H](CO)[C@@H](O)[C@H](O)[C@H]1O. The van der Waals surface area contributed by atoms with Gasteiger partial charge in [-0.25, -0.2) is 0 Å². The summed E-state index contributed by atoms with van der Waals surface area (Å²) in [6.45, 7) is 6.32. The van der Waals surface area contributed by atoms with Crippen molar-refractivity contribution in [1.82, 2.24) is 5.32 Å². The van der Waals surface area contributed by atoms with Gasteiger partial charge in [0.05, 0.1) is 26.1 Å². The van der Waals surface area contributed by atoms with Crippen molar-refractivity contribution in [1.29, 1.82) is 0 Å². The summed E-state index contributed by atoms with van der Waals surface area (Å²) in [7, 11) is 0. The predicted octanol–water partition coefficient (Wildman–Crippen LogP) is 1.53. The first-order valence-electron chi connectivity index (χ1n) is 14.2. The van der Waals surface area contributed by atoms with Gasteiger partial charge in [-0.3, -0.25) is 9.59 Å². The highest BCUT2D eigenvalue weighted by molar-refractivity contribution is 5.92. The minimum absolute atomic E-state index is 0.0217. The van der Waals surface area contributed by atoms with Gasteiger partial charge < -0.3 is 49.1 Å². The molecule has 2 aliphatic rings. The maximum Gasteiger partial charge on any atom is 0.306 e. The Morgan fingerprint density at radius 1 is 1.17 bits per heavy atom. The fraction of sp³-hybridized carbons (Fsp3) is 0.655. The number of furan rings is 1. The third-order valence-electron chi connectivity index (χ3n) is 7.46. The molecule has 12 nitrogen and oxygen atoms in total. The van der Waals surface area contributed by atoms with Crippen LogP contribution in [0.4, 0.5) is 0 Å². The molecule has 1 amide bonds. The first kappa shape index (κ1) is 31.0. The molecule has 5 N–H and O–H groups in total. The first-order chi connectivity index (χ1) is 19.6. The Kier molecular flexibility index (Phi) is 10.5. The van der Waals surface area contributed by atoms with Crippen molar-refractivity contribution in [3.63, 3.8) is 0 Å². The number of rotatable bonds is 13. The van der Waals surface area contributed by atoms with Gasteiger partial charge in [0.2, 0.25) is 17.9 Å². The van der Waals surface area contributed by atoms with Gasteiger partial charge >= 0.3 is 5.97 Å². The second-order valence-electron chi connectivity index (χ2n) is 11.0. The summed E-state index contributed by atoms with van der Waals surface area (Å²) in [4.78, 5) is 24.3. The van der Waals surface area contributed by atoms with Crippen LogP contribution in [0.2, 0.25) is 0 Å². The molecule has 0 bridgehead atoms. The summed E-state index contributed by atoms with van der Waals surface area (Å²) in [6, 6.07) is 1.80. The lowest BCUT2D eigenvalue weighted by molar-refractivity contribution is -0.277. The minimum Gasteiger partial charge on any atom is -0.486 e. The van der Waals surface area contributed by atoms with Gasteiger partial charge in [0, 0.05) is 36.3 Å². The van der Waals surface area contributed by atoms with E-state index >= 15 is 0 Å². The van der Waals surface area contributed by atoms with E-state index in [9.17, 15) is 30.0 Å². The molecular weight excluding hydrogens is 538 g/mol. The zero-order valence-electron chi connectivity index (χ0n) is 23.7. The van der Waals surface area contributed by atoms with Gasteiger partial charge in [-0.05, 0) is 43.7 Å². The van der Waals surface area contributed by atoms with E-state index in [2.05, 4.69) is 19.2 Å². The Hall–Kier alpha value is -2.90. The fourth-order valence-corrected chi connectivity index (χ4v) is 5.20. The molecule has 2 aliphatic heterocycles. The van der Waals surface area contributed by atoms with E-state index in [-0.39, 0.29) is 42.8 Å². The maximum absolute atomic E-state index is 12.3. The third-order valence-corrected chi connectivity index (χ3v) is 7.46. The molecule has 0 aliphatic carbocycles. The highest BCUT2D eigenvalue weighted by Crippen LogP contribution is 2.45. The summed E-state index contributed by atoms with van der Waals surface area (Å²) >= 11 is 0. The zero-order chi connectivity index (χ0) is 29.7. The molecule has 6 atom stereocenters. The number of aryl methyl sites for hydroxylation is 1. The van der Waals surface area contributed by atoms with E-state index in [4.69, 9.17) is 23.4 Å². The van der Waals surface area contributed by atoms with E-state index in [1.807, 2.05) is 0 Å². The van der Waals surface area contributed by atoms with Gasteiger partial charge in [0.1, 0.15) is 24.4 Å². The number of nitrogens with one attached hydrogen (secondary N) is 1. The van der Waals surface area contributed by atoms with Crippen molar-refractivity contribution in [2.75, 3.05) is 26.4 Å². The van der Waals surface area contributed by atoms with Gasteiger partial charge in [-0.2, -0.15) is 0 Å². The van der Waals surface area contributed by atoms with Crippen LogP contribution in [-0.4, -0.2) is 89.4 Å². The summed E-state index contributed by atoms with van der Waals surface area (Å²) in [5.74, 6) is 0.237. The molecule has 2 fully saturated rings. The molecule has 2 aromatic rings. The van der Waals surface area contributed by atoms with Crippen LogP contribution < -0.4 is 14.8 Å². The van der Waals surface area contributed by atoms with Crippen LogP contribution in [0.5, 0.6) is 11.5 Å². The number of ether oxygens (including phenoxy) is 4. The molecule has 1 aromatic carbocycles. The van der Waals surface area contributed by atoms with Gasteiger partial charge in [0.25, 0.3) is 0 Å². The average Bonchev–Trinajstić information content (AvgIpc) is 3.56. The molecule has 3 heterocycles. The average molecular weight is 580 g/mol.